The predicted molar refractivity (Wildman–Crippen MR) is 153 cm³/mol. The molecule has 0 aliphatic carbocycles. The molecule has 2 heterocycles. The first-order valence-electron chi connectivity index (χ1n) is 14.3. The Morgan fingerprint density at radius 2 is 1.79 bits per heavy atom. The SMILES string of the molecule is C[C@H]1CN(C[C@H](Cc2ccccc2)C(=O)NCC(=O)O[C@H]2O[C@@H](C(=O)O)[C@H](O)[C@@H](O)[C@@H]2O)CC[C@@]1(C)c1cccc(O)c1. The number of nitrogens with zero attached hydrogens (tertiary/aromatic N) is 1. The number of hydrogen-bond donors (Lipinski definition) is 6. The quantitative estimate of drug-likeness (QED) is 0.207. The lowest BCUT2D eigenvalue weighted by atomic mass is 9.68. The summed E-state index contributed by atoms with van der Waals surface area (Å²) in [5.74, 6) is -3.07. The van der Waals surface area contributed by atoms with Gasteiger partial charge >= 0.3 is 11.9 Å². The van der Waals surface area contributed by atoms with E-state index in [0.29, 0.717) is 13.0 Å². The smallest absolute Gasteiger partial charge is 0.335 e. The molecule has 2 saturated heterocycles. The molecule has 43 heavy (non-hydrogen) atoms. The zero-order valence-corrected chi connectivity index (χ0v) is 24.2. The fourth-order valence-corrected chi connectivity index (χ4v) is 5.85. The number of carboxylic acids is 1. The molecule has 234 valence electrons. The summed E-state index contributed by atoms with van der Waals surface area (Å²) in [4.78, 5) is 39.4. The van der Waals surface area contributed by atoms with E-state index in [4.69, 9.17) is 9.47 Å². The van der Waals surface area contributed by atoms with Crippen LogP contribution in [0, 0.1) is 11.8 Å². The fourth-order valence-electron chi connectivity index (χ4n) is 5.85. The molecule has 0 bridgehead atoms. The summed E-state index contributed by atoms with van der Waals surface area (Å²) in [5.41, 5.74) is 1.87. The monoisotopic (exact) mass is 600 g/mol. The number of aromatic hydroxyl groups is 1. The molecule has 6 N–H and O–H groups in total. The number of ether oxygens (including phenoxy) is 2. The lowest BCUT2D eigenvalue weighted by molar-refractivity contribution is -0.286. The minimum absolute atomic E-state index is 0.148. The highest BCUT2D eigenvalue weighted by atomic mass is 16.7. The van der Waals surface area contributed by atoms with Crippen LogP contribution in [0.4, 0.5) is 0 Å². The van der Waals surface area contributed by atoms with Crippen LogP contribution in [0.1, 0.15) is 31.4 Å². The highest BCUT2D eigenvalue weighted by Gasteiger charge is 2.48. The Morgan fingerprint density at radius 3 is 2.44 bits per heavy atom. The van der Waals surface area contributed by atoms with Crippen molar-refractivity contribution >= 4 is 17.8 Å². The van der Waals surface area contributed by atoms with Gasteiger partial charge in [-0.25, -0.2) is 4.79 Å². The van der Waals surface area contributed by atoms with Crippen molar-refractivity contribution in [2.24, 2.45) is 11.8 Å². The topological polar surface area (TPSA) is 186 Å². The van der Waals surface area contributed by atoms with Crippen LogP contribution in [-0.2, 0) is 35.7 Å². The van der Waals surface area contributed by atoms with Gasteiger partial charge in [0.15, 0.2) is 6.10 Å². The Balaban J connectivity index is 1.38. The van der Waals surface area contributed by atoms with Crippen molar-refractivity contribution < 1.29 is 49.4 Å². The first-order valence-corrected chi connectivity index (χ1v) is 14.3. The predicted octanol–water partition coefficient (Wildman–Crippen LogP) is 0.402. The third-order valence-electron chi connectivity index (χ3n) is 8.71. The van der Waals surface area contributed by atoms with Crippen LogP contribution in [0.3, 0.4) is 0 Å². The Morgan fingerprint density at radius 1 is 1.07 bits per heavy atom. The van der Waals surface area contributed by atoms with Crippen LogP contribution in [0.2, 0.25) is 0 Å². The molecule has 2 fully saturated rings. The number of benzene rings is 2. The number of phenolic OH excluding ortho intramolecular Hbond substituents is 1. The maximum Gasteiger partial charge on any atom is 0.335 e. The zero-order valence-electron chi connectivity index (χ0n) is 24.2. The second kappa shape index (κ2) is 13.8. The van der Waals surface area contributed by atoms with Crippen molar-refractivity contribution in [3.05, 3.63) is 65.7 Å². The molecule has 2 aliphatic heterocycles. The van der Waals surface area contributed by atoms with Gasteiger partial charge in [-0.15, -0.1) is 0 Å². The number of amides is 1. The molecule has 4 rings (SSSR count). The Labute approximate surface area is 249 Å². The largest absolute Gasteiger partial charge is 0.508 e. The molecule has 0 spiro atoms. The first-order chi connectivity index (χ1) is 20.4. The van der Waals surface area contributed by atoms with Crippen LogP contribution in [0.5, 0.6) is 5.75 Å². The van der Waals surface area contributed by atoms with Crippen LogP contribution in [0.25, 0.3) is 0 Å². The van der Waals surface area contributed by atoms with Crippen molar-refractivity contribution in [3.63, 3.8) is 0 Å². The van der Waals surface area contributed by atoms with E-state index in [1.165, 1.54) is 0 Å². The molecule has 8 atom stereocenters. The van der Waals surface area contributed by atoms with Crippen molar-refractivity contribution in [1.82, 2.24) is 10.2 Å². The molecule has 2 aromatic carbocycles. The number of phenols is 1. The number of piperidine rings is 1. The van der Waals surface area contributed by atoms with Gasteiger partial charge in [0.2, 0.25) is 12.2 Å². The summed E-state index contributed by atoms with van der Waals surface area (Å²) in [6, 6.07) is 16.8. The van der Waals surface area contributed by atoms with Gasteiger partial charge in [0.1, 0.15) is 30.6 Å². The minimum Gasteiger partial charge on any atom is -0.508 e. The molecule has 0 aromatic heterocycles. The summed E-state index contributed by atoms with van der Waals surface area (Å²) >= 11 is 0. The molecule has 0 saturated carbocycles. The van der Waals surface area contributed by atoms with E-state index in [2.05, 4.69) is 24.1 Å². The Kier molecular flexibility index (Phi) is 10.4. The molecule has 1 amide bonds. The number of nitrogens with one attached hydrogen (secondary N) is 1. The highest BCUT2D eigenvalue weighted by Crippen LogP contribution is 2.40. The maximum absolute atomic E-state index is 13.4. The fraction of sp³-hybridized carbons (Fsp3) is 0.516. The number of carbonyl (C=O) groups is 3. The summed E-state index contributed by atoms with van der Waals surface area (Å²) < 4.78 is 9.98. The van der Waals surface area contributed by atoms with E-state index in [-0.39, 0.29) is 17.1 Å². The van der Waals surface area contributed by atoms with Gasteiger partial charge in [-0.1, -0.05) is 56.3 Å². The van der Waals surface area contributed by atoms with Gasteiger partial charge < -0.3 is 45.2 Å². The molecule has 0 unspecified atom stereocenters. The van der Waals surface area contributed by atoms with E-state index >= 15 is 0 Å². The van der Waals surface area contributed by atoms with Gasteiger partial charge in [0.05, 0.1) is 5.92 Å². The normalized spacial score (nSPS) is 30.3. The van der Waals surface area contributed by atoms with Crippen LogP contribution >= 0.6 is 0 Å². The van der Waals surface area contributed by atoms with Gasteiger partial charge in [-0.3, -0.25) is 9.59 Å². The molecular weight excluding hydrogens is 560 g/mol. The Bertz CT molecular complexity index is 1280. The van der Waals surface area contributed by atoms with Crippen molar-refractivity contribution in [2.45, 2.75) is 62.8 Å². The Hall–Kier alpha value is -3.55. The molecule has 0 radical (unpaired) electrons. The zero-order chi connectivity index (χ0) is 31.3. The number of hydrogen-bond acceptors (Lipinski definition) is 10. The summed E-state index contributed by atoms with van der Waals surface area (Å²) in [5, 5.41) is 51.6. The van der Waals surface area contributed by atoms with E-state index in [9.17, 15) is 39.9 Å². The van der Waals surface area contributed by atoms with Gasteiger partial charge in [-0.2, -0.15) is 0 Å². The molecule has 12 nitrogen and oxygen atoms in total. The second-order valence-electron chi connectivity index (χ2n) is 11.7. The van der Waals surface area contributed by atoms with E-state index in [1.807, 2.05) is 42.5 Å². The number of aliphatic carboxylic acids is 1. The van der Waals surface area contributed by atoms with Crippen molar-refractivity contribution in [3.8, 4) is 5.75 Å². The lowest BCUT2D eigenvalue weighted by Gasteiger charge is -2.45. The van der Waals surface area contributed by atoms with Crippen LogP contribution in [0.15, 0.2) is 54.6 Å². The maximum atomic E-state index is 13.4. The number of aliphatic hydroxyl groups excluding tert-OH is 3. The van der Waals surface area contributed by atoms with Crippen molar-refractivity contribution in [1.29, 1.82) is 0 Å². The molecular formula is C31H40N2O10. The number of rotatable bonds is 10. The summed E-state index contributed by atoms with van der Waals surface area (Å²) in [6.07, 6.45) is -8.24. The summed E-state index contributed by atoms with van der Waals surface area (Å²) in [6.45, 7) is 5.65. The third-order valence-corrected chi connectivity index (χ3v) is 8.71. The standard InChI is InChI=1S/C31H40N2O10/c1-18-16-33(12-11-31(18,2)21-9-6-10-22(34)14-21)17-20(13-19-7-4-3-5-8-19)28(39)32-15-23(35)42-30-26(38)24(36)25(37)27(43-30)29(40)41/h3-10,14,18,20,24-27,30,34,36-38H,11-13,15-17H2,1-2H3,(H,32,39)(H,40,41)/t18-,20-,24+,25+,26-,27+,30-,31+/m0/s1. The number of carboxylic acid groups (broad SMARTS) is 1. The van der Waals surface area contributed by atoms with Gasteiger partial charge in [0, 0.05) is 13.1 Å². The van der Waals surface area contributed by atoms with Gasteiger partial charge in [0.25, 0.3) is 0 Å². The minimum atomic E-state index is -1.92. The van der Waals surface area contributed by atoms with E-state index in [0.717, 1.165) is 30.6 Å². The van der Waals surface area contributed by atoms with Crippen LogP contribution < -0.4 is 5.32 Å². The molecule has 12 heteroatoms. The number of likely N-dealkylation sites (tertiary alicyclic amines) is 1. The van der Waals surface area contributed by atoms with Crippen LogP contribution in [-0.4, -0.2) is 105 Å². The third kappa shape index (κ3) is 7.70. The number of esters is 1. The average Bonchev–Trinajstić information content (AvgIpc) is 2.98. The van der Waals surface area contributed by atoms with Gasteiger partial charge in [-0.05, 0) is 54.0 Å². The van der Waals surface area contributed by atoms with Crippen molar-refractivity contribution in [2.75, 3.05) is 26.2 Å². The number of aliphatic hydroxyl groups is 3. The molecule has 2 aromatic rings. The average molecular weight is 601 g/mol. The first kappa shape index (κ1) is 32.4. The second-order valence-corrected chi connectivity index (χ2v) is 11.7. The number of carbonyl (C=O) groups excluding carboxylic acids is 2. The lowest BCUT2D eigenvalue weighted by Crippen LogP contribution is -2.60. The van der Waals surface area contributed by atoms with E-state index < -0.39 is 61.0 Å². The highest BCUT2D eigenvalue weighted by molar-refractivity contribution is 5.84. The summed E-state index contributed by atoms with van der Waals surface area (Å²) in [7, 11) is 0. The molecule has 2 aliphatic rings. The van der Waals surface area contributed by atoms with E-state index in [1.54, 1.807) is 12.1 Å².